The van der Waals surface area contributed by atoms with Crippen LogP contribution < -0.4 is 10.3 Å². The Kier molecular flexibility index (Phi) is 2.38. The lowest BCUT2D eigenvalue weighted by Gasteiger charge is -2.07. The number of H-pyrrole nitrogens is 1. The van der Waals surface area contributed by atoms with Gasteiger partial charge in [0.25, 0.3) is 5.56 Å². The van der Waals surface area contributed by atoms with E-state index in [0.717, 1.165) is 5.56 Å². The minimum atomic E-state index is -0.401. The molecular formula is C9H10N2O2. The minimum Gasteiger partial charge on any atom is -0.482 e. The van der Waals surface area contributed by atoms with Crippen LogP contribution in [-0.4, -0.2) is 12.1 Å². The largest absolute Gasteiger partial charge is 0.482 e. The van der Waals surface area contributed by atoms with Crippen molar-refractivity contribution in [3.8, 4) is 11.9 Å². The lowest BCUT2D eigenvalue weighted by atomic mass is 10.1. The molecule has 0 unspecified atom stereocenters. The highest BCUT2D eigenvalue weighted by molar-refractivity contribution is 5.43. The Morgan fingerprint density at radius 2 is 2.00 bits per heavy atom. The van der Waals surface area contributed by atoms with Crippen LogP contribution in [0.25, 0.3) is 0 Å². The molecule has 1 heterocycles. The summed E-state index contributed by atoms with van der Waals surface area (Å²) in [6, 6.07) is 1.86. The molecule has 0 saturated heterocycles. The highest BCUT2D eigenvalue weighted by Crippen LogP contribution is 2.17. The van der Waals surface area contributed by atoms with Crippen molar-refractivity contribution in [3.63, 3.8) is 0 Å². The summed E-state index contributed by atoms with van der Waals surface area (Å²) < 4.78 is 4.94. The third-order valence-corrected chi connectivity index (χ3v) is 2.05. The molecule has 1 aromatic heterocycles. The third-order valence-electron chi connectivity index (χ3n) is 2.05. The van der Waals surface area contributed by atoms with Gasteiger partial charge < -0.3 is 4.74 Å². The molecule has 4 nitrogen and oxygen atoms in total. The summed E-state index contributed by atoms with van der Waals surface area (Å²) in [7, 11) is 1.48. The molecule has 0 saturated carbocycles. The van der Waals surface area contributed by atoms with Crippen LogP contribution in [-0.2, 0) is 0 Å². The number of methoxy groups -OCH3 is 1. The van der Waals surface area contributed by atoms with Crippen molar-refractivity contribution in [2.45, 2.75) is 13.8 Å². The number of nitriles is 1. The molecule has 0 fully saturated rings. The van der Waals surface area contributed by atoms with Gasteiger partial charge in [-0.1, -0.05) is 0 Å². The molecule has 4 heteroatoms. The van der Waals surface area contributed by atoms with Gasteiger partial charge >= 0.3 is 0 Å². The van der Waals surface area contributed by atoms with Gasteiger partial charge in [-0.25, -0.2) is 0 Å². The standard InChI is InChI=1S/C9H10N2O2/c1-5-6(2)9(13-3)11-8(12)7(5)4-10/h1-3H3,(H,11,12). The molecule has 1 N–H and O–H groups in total. The predicted molar refractivity (Wildman–Crippen MR) is 47.8 cm³/mol. The van der Waals surface area contributed by atoms with E-state index in [1.165, 1.54) is 7.11 Å². The van der Waals surface area contributed by atoms with Crippen LogP contribution in [0.1, 0.15) is 16.7 Å². The predicted octanol–water partition coefficient (Wildman–Crippen LogP) is 0.872. The van der Waals surface area contributed by atoms with Crippen LogP contribution in [0.4, 0.5) is 0 Å². The van der Waals surface area contributed by atoms with E-state index in [-0.39, 0.29) is 5.56 Å². The molecule has 0 atom stereocenters. The zero-order chi connectivity index (χ0) is 10.0. The Hall–Kier alpha value is -1.76. The molecule has 1 rings (SSSR count). The Morgan fingerprint density at radius 3 is 2.46 bits per heavy atom. The van der Waals surface area contributed by atoms with E-state index in [1.54, 1.807) is 13.8 Å². The Labute approximate surface area is 75.8 Å². The van der Waals surface area contributed by atoms with E-state index in [1.807, 2.05) is 6.07 Å². The van der Waals surface area contributed by atoms with Gasteiger partial charge in [0.15, 0.2) is 5.88 Å². The molecule has 1 aromatic rings. The summed E-state index contributed by atoms with van der Waals surface area (Å²) in [4.78, 5) is 13.7. The topological polar surface area (TPSA) is 65.9 Å². The van der Waals surface area contributed by atoms with E-state index in [9.17, 15) is 4.79 Å². The number of nitrogens with zero attached hydrogens (tertiary/aromatic N) is 1. The molecular weight excluding hydrogens is 168 g/mol. The molecule has 0 bridgehead atoms. The van der Waals surface area contributed by atoms with Crippen LogP contribution in [0, 0.1) is 25.2 Å². The summed E-state index contributed by atoms with van der Waals surface area (Å²) in [5, 5.41) is 8.68. The zero-order valence-corrected chi connectivity index (χ0v) is 7.76. The number of hydrogen-bond acceptors (Lipinski definition) is 3. The summed E-state index contributed by atoms with van der Waals surface area (Å²) >= 11 is 0. The second-order valence-electron chi connectivity index (χ2n) is 2.72. The second kappa shape index (κ2) is 3.31. The minimum absolute atomic E-state index is 0.151. The monoisotopic (exact) mass is 178 g/mol. The molecule has 0 aliphatic carbocycles. The maximum atomic E-state index is 11.2. The zero-order valence-electron chi connectivity index (χ0n) is 7.76. The molecule has 0 spiro atoms. The number of ether oxygens (including phenoxy) is 1. The molecule has 0 aromatic carbocycles. The van der Waals surface area contributed by atoms with Gasteiger partial charge in [0.2, 0.25) is 0 Å². The SMILES string of the molecule is COc1[nH]c(=O)c(C#N)c(C)c1C. The fourth-order valence-electron chi connectivity index (χ4n) is 1.13. The Morgan fingerprint density at radius 1 is 1.38 bits per heavy atom. The van der Waals surface area contributed by atoms with Gasteiger partial charge in [0, 0.05) is 5.56 Å². The Balaban J connectivity index is 3.58. The third kappa shape index (κ3) is 1.41. The number of rotatable bonds is 1. The summed E-state index contributed by atoms with van der Waals surface area (Å²) in [6.45, 7) is 3.52. The Bertz CT molecular complexity index is 426. The van der Waals surface area contributed by atoms with Gasteiger partial charge in [-0.3, -0.25) is 9.78 Å². The van der Waals surface area contributed by atoms with E-state index < -0.39 is 5.56 Å². The fourth-order valence-corrected chi connectivity index (χ4v) is 1.13. The number of hydrogen-bond donors (Lipinski definition) is 1. The lowest BCUT2D eigenvalue weighted by molar-refractivity contribution is 0.392. The fraction of sp³-hybridized carbons (Fsp3) is 0.333. The smallest absolute Gasteiger partial charge is 0.268 e. The number of aromatic amines is 1. The van der Waals surface area contributed by atoms with Crippen LogP contribution in [0.2, 0.25) is 0 Å². The highest BCUT2D eigenvalue weighted by atomic mass is 16.5. The van der Waals surface area contributed by atoms with Gasteiger partial charge in [-0.2, -0.15) is 5.26 Å². The van der Waals surface area contributed by atoms with E-state index >= 15 is 0 Å². The van der Waals surface area contributed by atoms with E-state index in [0.29, 0.717) is 11.4 Å². The van der Waals surface area contributed by atoms with Gasteiger partial charge in [-0.15, -0.1) is 0 Å². The first-order valence-electron chi connectivity index (χ1n) is 3.79. The molecule has 0 aliphatic rings. The second-order valence-corrected chi connectivity index (χ2v) is 2.72. The van der Waals surface area contributed by atoms with Crippen molar-refractivity contribution in [2.24, 2.45) is 0 Å². The van der Waals surface area contributed by atoms with E-state index in [2.05, 4.69) is 4.98 Å². The normalized spacial score (nSPS) is 9.38. The van der Waals surface area contributed by atoms with Crippen molar-refractivity contribution < 1.29 is 4.74 Å². The summed E-state index contributed by atoms with van der Waals surface area (Å²) in [5.74, 6) is 0.418. The first kappa shape index (κ1) is 9.33. The number of pyridine rings is 1. The molecule has 0 aliphatic heterocycles. The maximum absolute atomic E-state index is 11.2. The van der Waals surface area contributed by atoms with Gasteiger partial charge in [0.05, 0.1) is 7.11 Å². The quantitative estimate of drug-likeness (QED) is 0.693. The molecule has 0 radical (unpaired) electrons. The number of nitrogens with one attached hydrogen (secondary N) is 1. The van der Waals surface area contributed by atoms with Crippen molar-refractivity contribution in [1.82, 2.24) is 4.98 Å². The van der Waals surface area contributed by atoms with Crippen LogP contribution >= 0.6 is 0 Å². The van der Waals surface area contributed by atoms with E-state index in [4.69, 9.17) is 10.00 Å². The number of aromatic nitrogens is 1. The van der Waals surface area contributed by atoms with Gasteiger partial charge in [-0.05, 0) is 19.4 Å². The van der Waals surface area contributed by atoms with Crippen molar-refractivity contribution in [1.29, 1.82) is 5.26 Å². The van der Waals surface area contributed by atoms with Crippen LogP contribution in [0.15, 0.2) is 4.79 Å². The summed E-state index contributed by atoms with van der Waals surface area (Å²) in [5.41, 5.74) is 1.21. The maximum Gasteiger partial charge on any atom is 0.268 e. The molecule has 68 valence electrons. The van der Waals surface area contributed by atoms with Crippen molar-refractivity contribution >= 4 is 0 Å². The van der Waals surface area contributed by atoms with Crippen LogP contribution in [0.3, 0.4) is 0 Å². The first-order chi connectivity index (χ1) is 6.11. The highest BCUT2D eigenvalue weighted by Gasteiger charge is 2.10. The summed E-state index contributed by atoms with van der Waals surface area (Å²) in [6.07, 6.45) is 0. The average molecular weight is 178 g/mol. The van der Waals surface area contributed by atoms with Gasteiger partial charge in [0.1, 0.15) is 11.6 Å². The van der Waals surface area contributed by atoms with Crippen molar-refractivity contribution in [2.75, 3.05) is 7.11 Å². The molecule has 13 heavy (non-hydrogen) atoms. The average Bonchev–Trinajstić information content (AvgIpc) is 2.12. The first-order valence-corrected chi connectivity index (χ1v) is 3.79. The molecule has 0 amide bonds. The van der Waals surface area contributed by atoms with Crippen LogP contribution in [0.5, 0.6) is 5.88 Å². The van der Waals surface area contributed by atoms with Crippen molar-refractivity contribution in [3.05, 3.63) is 27.0 Å². The lowest BCUT2D eigenvalue weighted by Crippen LogP contribution is -2.14.